The van der Waals surface area contributed by atoms with E-state index in [1.807, 2.05) is 0 Å². The Labute approximate surface area is 183 Å². The van der Waals surface area contributed by atoms with Crippen LogP contribution in [0.3, 0.4) is 0 Å². The number of sulfonamides is 1. The maximum atomic E-state index is 13.4. The van der Waals surface area contributed by atoms with Crippen molar-refractivity contribution in [1.29, 1.82) is 0 Å². The summed E-state index contributed by atoms with van der Waals surface area (Å²) in [5, 5.41) is 1.06. The second-order valence-electron chi connectivity index (χ2n) is 6.89. The number of rotatable bonds is 7. The molecule has 0 atom stereocenters. The molecule has 0 aliphatic carbocycles. The van der Waals surface area contributed by atoms with Crippen LogP contribution in [0.5, 0.6) is 5.75 Å². The SMILES string of the molecule is COc1ccc2cc(CN(Cc3ccco3)S(=O)(=O)c3cccc(Cl)c3)c(=O)[nH]c2c1. The van der Waals surface area contributed by atoms with Crippen molar-refractivity contribution in [2.75, 3.05) is 7.11 Å². The summed E-state index contributed by atoms with van der Waals surface area (Å²) in [4.78, 5) is 15.6. The number of aromatic amines is 1. The lowest BCUT2D eigenvalue weighted by molar-refractivity contribution is 0.357. The molecule has 0 radical (unpaired) electrons. The number of hydrogen-bond acceptors (Lipinski definition) is 5. The zero-order valence-electron chi connectivity index (χ0n) is 16.5. The summed E-state index contributed by atoms with van der Waals surface area (Å²) < 4.78 is 38.5. The van der Waals surface area contributed by atoms with E-state index in [-0.39, 0.29) is 23.5 Å². The fourth-order valence-electron chi connectivity index (χ4n) is 3.24. The van der Waals surface area contributed by atoms with Gasteiger partial charge in [0.25, 0.3) is 5.56 Å². The van der Waals surface area contributed by atoms with Crippen LogP contribution in [0.2, 0.25) is 5.02 Å². The first kappa shape index (κ1) is 21.2. The molecular weight excluding hydrogens is 440 g/mol. The molecular formula is C22H19ClN2O5S. The summed E-state index contributed by atoms with van der Waals surface area (Å²) in [6.07, 6.45) is 1.47. The van der Waals surface area contributed by atoms with Crippen LogP contribution in [0.25, 0.3) is 10.9 Å². The van der Waals surface area contributed by atoms with Gasteiger partial charge in [-0.05, 0) is 53.9 Å². The summed E-state index contributed by atoms with van der Waals surface area (Å²) in [6.45, 7) is -0.186. The Balaban J connectivity index is 1.76. The van der Waals surface area contributed by atoms with Gasteiger partial charge in [0, 0.05) is 23.2 Å². The molecule has 160 valence electrons. The second-order valence-corrected chi connectivity index (χ2v) is 9.26. The Morgan fingerprint density at radius 2 is 1.90 bits per heavy atom. The Kier molecular flexibility index (Phi) is 5.86. The van der Waals surface area contributed by atoms with Gasteiger partial charge in [-0.25, -0.2) is 8.42 Å². The van der Waals surface area contributed by atoms with Gasteiger partial charge in [-0.1, -0.05) is 17.7 Å². The van der Waals surface area contributed by atoms with E-state index in [1.165, 1.54) is 22.7 Å². The number of pyridine rings is 1. The molecule has 31 heavy (non-hydrogen) atoms. The van der Waals surface area contributed by atoms with E-state index in [4.69, 9.17) is 20.8 Å². The smallest absolute Gasteiger partial charge is 0.252 e. The van der Waals surface area contributed by atoms with E-state index in [0.717, 1.165) is 5.39 Å². The van der Waals surface area contributed by atoms with Crippen molar-refractivity contribution in [2.24, 2.45) is 0 Å². The van der Waals surface area contributed by atoms with Gasteiger partial charge in [-0.15, -0.1) is 0 Å². The molecule has 0 aliphatic heterocycles. The van der Waals surface area contributed by atoms with Gasteiger partial charge < -0.3 is 14.1 Å². The van der Waals surface area contributed by atoms with Gasteiger partial charge in [0.1, 0.15) is 11.5 Å². The molecule has 0 fully saturated rings. The number of nitrogens with one attached hydrogen (secondary N) is 1. The van der Waals surface area contributed by atoms with Gasteiger partial charge in [0.2, 0.25) is 10.0 Å². The van der Waals surface area contributed by atoms with Crippen LogP contribution >= 0.6 is 11.6 Å². The van der Waals surface area contributed by atoms with Crippen LogP contribution in [-0.4, -0.2) is 24.8 Å². The summed E-state index contributed by atoms with van der Waals surface area (Å²) in [5.41, 5.74) is 0.518. The van der Waals surface area contributed by atoms with Crippen molar-refractivity contribution in [1.82, 2.24) is 9.29 Å². The first-order valence-corrected chi connectivity index (χ1v) is 11.2. The molecule has 9 heteroatoms. The first-order valence-electron chi connectivity index (χ1n) is 9.35. The molecule has 0 saturated carbocycles. The van der Waals surface area contributed by atoms with Crippen LogP contribution in [0.4, 0.5) is 0 Å². The molecule has 4 rings (SSSR count). The molecule has 2 aromatic heterocycles. The standard InChI is InChI=1S/C22H19ClN2O5S/c1-29-18-8-7-15-10-16(22(26)24-21(15)12-18)13-25(14-19-5-3-9-30-19)31(27,28)20-6-2-4-17(23)11-20/h2-12H,13-14H2,1H3,(H,24,26). The fraction of sp³-hybridized carbons (Fsp3) is 0.136. The number of fused-ring (bicyclic) bond motifs is 1. The Hall–Kier alpha value is -3.07. The van der Waals surface area contributed by atoms with Crippen molar-refractivity contribution in [3.8, 4) is 5.75 Å². The zero-order chi connectivity index (χ0) is 22.0. The quantitative estimate of drug-likeness (QED) is 0.448. The summed E-state index contributed by atoms with van der Waals surface area (Å²) >= 11 is 6.01. The van der Waals surface area contributed by atoms with Crippen molar-refractivity contribution in [3.63, 3.8) is 0 Å². The van der Waals surface area contributed by atoms with E-state index >= 15 is 0 Å². The minimum atomic E-state index is -3.96. The average molecular weight is 459 g/mol. The summed E-state index contributed by atoms with van der Waals surface area (Å²) in [5.74, 6) is 1.06. The zero-order valence-corrected chi connectivity index (χ0v) is 18.1. The number of furan rings is 1. The molecule has 0 spiro atoms. The predicted molar refractivity (Wildman–Crippen MR) is 118 cm³/mol. The third-order valence-electron chi connectivity index (χ3n) is 4.82. The van der Waals surface area contributed by atoms with Gasteiger partial charge in [-0.2, -0.15) is 4.31 Å². The van der Waals surface area contributed by atoms with Crippen LogP contribution in [-0.2, 0) is 23.1 Å². The lowest BCUT2D eigenvalue weighted by Crippen LogP contribution is -2.32. The number of aromatic nitrogens is 1. The largest absolute Gasteiger partial charge is 0.497 e. The number of H-pyrrole nitrogens is 1. The highest BCUT2D eigenvalue weighted by Crippen LogP contribution is 2.24. The Bertz CT molecular complexity index is 1380. The molecule has 0 bridgehead atoms. The lowest BCUT2D eigenvalue weighted by atomic mass is 10.1. The topological polar surface area (TPSA) is 92.6 Å². The molecule has 0 amide bonds. The molecule has 0 unspecified atom stereocenters. The second kappa shape index (κ2) is 8.58. The number of methoxy groups -OCH3 is 1. The number of hydrogen-bond donors (Lipinski definition) is 1. The van der Waals surface area contributed by atoms with Gasteiger partial charge in [0.15, 0.2) is 0 Å². The van der Waals surface area contributed by atoms with Crippen molar-refractivity contribution in [2.45, 2.75) is 18.0 Å². The minimum absolute atomic E-state index is 0.0357. The maximum Gasteiger partial charge on any atom is 0.252 e. The molecule has 2 aromatic carbocycles. The molecule has 0 aliphatic rings. The average Bonchev–Trinajstić information content (AvgIpc) is 3.26. The third kappa shape index (κ3) is 4.51. The Morgan fingerprint density at radius 3 is 2.61 bits per heavy atom. The third-order valence-corrected chi connectivity index (χ3v) is 6.85. The van der Waals surface area contributed by atoms with Crippen LogP contribution in [0.1, 0.15) is 11.3 Å². The van der Waals surface area contributed by atoms with Gasteiger partial charge in [-0.3, -0.25) is 4.79 Å². The summed E-state index contributed by atoms with van der Waals surface area (Å²) in [6, 6.07) is 16.3. The van der Waals surface area contributed by atoms with E-state index in [0.29, 0.717) is 27.6 Å². The van der Waals surface area contributed by atoms with Gasteiger partial charge in [0.05, 0.1) is 30.3 Å². The van der Waals surface area contributed by atoms with E-state index in [1.54, 1.807) is 55.6 Å². The van der Waals surface area contributed by atoms with Crippen molar-refractivity contribution in [3.05, 3.63) is 93.6 Å². The maximum absolute atomic E-state index is 13.4. The molecule has 1 N–H and O–H groups in total. The van der Waals surface area contributed by atoms with Crippen LogP contribution in [0.15, 0.2) is 81.0 Å². The molecule has 2 heterocycles. The Morgan fingerprint density at radius 1 is 1.06 bits per heavy atom. The highest BCUT2D eigenvalue weighted by atomic mass is 35.5. The number of halogens is 1. The van der Waals surface area contributed by atoms with Crippen LogP contribution < -0.4 is 10.3 Å². The molecule has 0 saturated heterocycles. The minimum Gasteiger partial charge on any atom is -0.497 e. The van der Waals surface area contributed by atoms with E-state index in [2.05, 4.69) is 4.98 Å². The van der Waals surface area contributed by atoms with E-state index in [9.17, 15) is 13.2 Å². The first-order chi connectivity index (χ1) is 14.9. The monoisotopic (exact) mass is 458 g/mol. The number of ether oxygens (including phenoxy) is 1. The van der Waals surface area contributed by atoms with Crippen molar-refractivity contribution >= 4 is 32.5 Å². The van der Waals surface area contributed by atoms with Gasteiger partial charge >= 0.3 is 0 Å². The molecule has 7 nitrogen and oxygen atoms in total. The molecule has 4 aromatic rings. The lowest BCUT2D eigenvalue weighted by Gasteiger charge is -2.21. The van der Waals surface area contributed by atoms with Crippen LogP contribution in [0, 0.1) is 0 Å². The highest BCUT2D eigenvalue weighted by molar-refractivity contribution is 7.89. The number of nitrogens with zero attached hydrogens (tertiary/aromatic N) is 1. The predicted octanol–water partition coefficient (Wildman–Crippen LogP) is 4.17. The fourth-order valence-corrected chi connectivity index (χ4v) is 4.92. The van der Waals surface area contributed by atoms with Crippen molar-refractivity contribution < 1.29 is 17.6 Å². The number of benzene rings is 2. The van der Waals surface area contributed by atoms with E-state index < -0.39 is 10.0 Å². The normalized spacial score (nSPS) is 11.8. The summed E-state index contributed by atoms with van der Waals surface area (Å²) in [7, 11) is -2.42. The highest BCUT2D eigenvalue weighted by Gasteiger charge is 2.27.